The van der Waals surface area contributed by atoms with Crippen LogP contribution in [0.25, 0.3) is 0 Å². The molecular formula is C15H21N3O5. The average Bonchev–Trinajstić information content (AvgIpc) is 2.51. The van der Waals surface area contributed by atoms with E-state index in [1.807, 2.05) is 13.8 Å². The minimum Gasteiger partial charge on any atom is -0.490 e. The van der Waals surface area contributed by atoms with Crippen LogP contribution in [0.1, 0.15) is 30.6 Å². The average molecular weight is 323 g/mol. The molecule has 126 valence electrons. The van der Waals surface area contributed by atoms with Crippen LogP contribution < -0.4 is 15.4 Å². The monoisotopic (exact) mass is 323 g/mol. The van der Waals surface area contributed by atoms with Gasteiger partial charge in [0.1, 0.15) is 0 Å². The van der Waals surface area contributed by atoms with Gasteiger partial charge in [0.05, 0.1) is 18.6 Å². The zero-order valence-corrected chi connectivity index (χ0v) is 13.4. The van der Waals surface area contributed by atoms with Gasteiger partial charge in [0.15, 0.2) is 5.75 Å². The van der Waals surface area contributed by atoms with Crippen molar-refractivity contribution in [1.82, 2.24) is 10.6 Å². The van der Waals surface area contributed by atoms with E-state index >= 15 is 0 Å². The lowest BCUT2D eigenvalue weighted by molar-refractivity contribution is -0.385. The van der Waals surface area contributed by atoms with Crippen molar-refractivity contribution in [3.63, 3.8) is 0 Å². The lowest BCUT2D eigenvalue weighted by Crippen LogP contribution is -2.37. The maximum absolute atomic E-state index is 12.0. The van der Waals surface area contributed by atoms with Crippen LogP contribution in [-0.4, -0.2) is 36.9 Å². The Morgan fingerprint density at radius 3 is 2.57 bits per heavy atom. The Kier molecular flexibility index (Phi) is 6.98. The van der Waals surface area contributed by atoms with E-state index in [1.165, 1.54) is 19.2 Å². The standard InChI is InChI=1S/C15H21N3O5/c1-10(2)6-7-16-14(19)9-17-15(20)11-4-5-13(23-3)12(8-11)18(21)22/h4-5,8,10H,6-7,9H2,1-3H3,(H,16,19)(H,17,20). The number of hydrogen-bond donors (Lipinski definition) is 2. The summed E-state index contributed by atoms with van der Waals surface area (Å²) in [5.41, 5.74) is -0.214. The molecule has 0 fully saturated rings. The van der Waals surface area contributed by atoms with E-state index in [4.69, 9.17) is 4.74 Å². The van der Waals surface area contributed by atoms with Gasteiger partial charge in [-0.2, -0.15) is 0 Å². The zero-order chi connectivity index (χ0) is 17.4. The molecule has 1 aromatic carbocycles. The lowest BCUT2D eigenvalue weighted by Gasteiger charge is -2.09. The van der Waals surface area contributed by atoms with Crippen LogP contribution in [0.4, 0.5) is 5.69 Å². The van der Waals surface area contributed by atoms with Crippen LogP contribution in [0.15, 0.2) is 18.2 Å². The normalized spacial score (nSPS) is 10.3. The van der Waals surface area contributed by atoms with Gasteiger partial charge in [-0.15, -0.1) is 0 Å². The van der Waals surface area contributed by atoms with Crippen LogP contribution >= 0.6 is 0 Å². The molecule has 0 aromatic heterocycles. The smallest absolute Gasteiger partial charge is 0.311 e. The van der Waals surface area contributed by atoms with Crippen molar-refractivity contribution in [1.29, 1.82) is 0 Å². The van der Waals surface area contributed by atoms with E-state index in [1.54, 1.807) is 0 Å². The molecule has 23 heavy (non-hydrogen) atoms. The molecule has 0 atom stereocenters. The fourth-order valence-corrected chi connectivity index (χ4v) is 1.80. The van der Waals surface area contributed by atoms with Crippen molar-refractivity contribution < 1.29 is 19.2 Å². The summed E-state index contributed by atoms with van der Waals surface area (Å²) in [6, 6.07) is 3.86. The Labute approximate surface area is 134 Å². The first-order chi connectivity index (χ1) is 10.8. The number of ether oxygens (including phenoxy) is 1. The second-order valence-electron chi connectivity index (χ2n) is 5.36. The predicted molar refractivity (Wildman–Crippen MR) is 84.4 cm³/mol. The lowest BCUT2D eigenvalue weighted by atomic mass is 10.1. The van der Waals surface area contributed by atoms with Crippen LogP contribution in [0.2, 0.25) is 0 Å². The molecule has 2 N–H and O–H groups in total. The first-order valence-electron chi connectivity index (χ1n) is 7.22. The van der Waals surface area contributed by atoms with E-state index in [0.29, 0.717) is 12.5 Å². The van der Waals surface area contributed by atoms with Gasteiger partial charge in [0.2, 0.25) is 5.91 Å². The molecule has 0 aliphatic rings. The molecule has 0 radical (unpaired) electrons. The molecule has 0 saturated carbocycles. The number of rotatable bonds is 8. The predicted octanol–water partition coefficient (Wildman–Crippen LogP) is 1.50. The topological polar surface area (TPSA) is 111 Å². The van der Waals surface area contributed by atoms with E-state index in [2.05, 4.69) is 10.6 Å². The maximum Gasteiger partial charge on any atom is 0.311 e. The fourth-order valence-electron chi connectivity index (χ4n) is 1.80. The molecule has 0 unspecified atom stereocenters. The van der Waals surface area contributed by atoms with E-state index in [-0.39, 0.29) is 29.5 Å². The highest BCUT2D eigenvalue weighted by Gasteiger charge is 2.18. The summed E-state index contributed by atoms with van der Waals surface area (Å²) in [5.74, 6) is -0.320. The molecule has 0 aliphatic carbocycles. The molecule has 8 nitrogen and oxygen atoms in total. The SMILES string of the molecule is COc1ccc(C(=O)NCC(=O)NCCC(C)C)cc1[N+](=O)[O-]. The highest BCUT2D eigenvalue weighted by atomic mass is 16.6. The molecule has 0 bridgehead atoms. The Hall–Kier alpha value is -2.64. The second kappa shape index (κ2) is 8.72. The summed E-state index contributed by atoms with van der Waals surface area (Å²) in [6.07, 6.45) is 0.852. The Morgan fingerprint density at radius 2 is 2.00 bits per heavy atom. The van der Waals surface area contributed by atoms with E-state index < -0.39 is 10.8 Å². The highest BCUT2D eigenvalue weighted by Crippen LogP contribution is 2.27. The van der Waals surface area contributed by atoms with E-state index in [9.17, 15) is 19.7 Å². The number of methoxy groups -OCH3 is 1. The van der Waals surface area contributed by atoms with E-state index in [0.717, 1.165) is 12.5 Å². The fraction of sp³-hybridized carbons (Fsp3) is 0.467. The molecule has 1 rings (SSSR count). The zero-order valence-electron chi connectivity index (χ0n) is 13.4. The Bertz CT molecular complexity index is 586. The van der Waals surface area contributed by atoms with Crippen molar-refractivity contribution in [3.05, 3.63) is 33.9 Å². The summed E-state index contributed by atoms with van der Waals surface area (Å²) >= 11 is 0. The number of amides is 2. The Morgan fingerprint density at radius 1 is 1.30 bits per heavy atom. The molecule has 8 heteroatoms. The molecule has 0 aliphatic heterocycles. The number of nitro benzene ring substituents is 1. The molecule has 0 spiro atoms. The van der Waals surface area contributed by atoms with Gasteiger partial charge in [-0.05, 0) is 24.5 Å². The summed E-state index contributed by atoms with van der Waals surface area (Å²) in [4.78, 5) is 33.8. The molecule has 0 heterocycles. The summed E-state index contributed by atoms with van der Waals surface area (Å²) in [5, 5.41) is 16.0. The van der Waals surface area contributed by atoms with Crippen molar-refractivity contribution in [2.24, 2.45) is 5.92 Å². The number of nitrogens with zero attached hydrogens (tertiary/aromatic N) is 1. The van der Waals surface area contributed by atoms with Gasteiger partial charge >= 0.3 is 5.69 Å². The first kappa shape index (κ1) is 18.4. The highest BCUT2D eigenvalue weighted by molar-refractivity contribution is 5.97. The second-order valence-corrected chi connectivity index (χ2v) is 5.36. The van der Waals surface area contributed by atoms with Crippen molar-refractivity contribution in [2.45, 2.75) is 20.3 Å². The molecular weight excluding hydrogens is 302 g/mol. The third-order valence-corrected chi connectivity index (χ3v) is 3.09. The van der Waals surface area contributed by atoms with Crippen molar-refractivity contribution in [2.75, 3.05) is 20.2 Å². The Balaban J connectivity index is 2.60. The van der Waals surface area contributed by atoms with Crippen LogP contribution in [0.3, 0.4) is 0 Å². The van der Waals surface area contributed by atoms with Gasteiger partial charge in [-0.1, -0.05) is 13.8 Å². The number of benzene rings is 1. The quantitative estimate of drug-likeness (QED) is 0.556. The molecule has 1 aromatic rings. The number of nitrogens with one attached hydrogen (secondary N) is 2. The van der Waals surface area contributed by atoms with Gasteiger partial charge in [-0.3, -0.25) is 19.7 Å². The van der Waals surface area contributed by atoms with Crippen LogP contribution in [0, 0.1) is 16.0 Å². The van der Waals surface area contributed by atoms with Gasteiger partial charge < -0.3 is 15.4 Å². The first-order valence-corrected chi connectivity index (χ1v) is 7.22. The van der Waals surface area contributed by atoms with Gasteiger partial charge in [0, 0.05) is 18.2 Å². The van der Waals surface area contributed by atoms with Crippen LogP contribution in [-0.2, 0) is 4.79 Å². The number of nitro groups is 1. The van der Waals surface area contributed by atoms with Crippen molar-refractivity contribution in [3.8, 4) is 5.75 Å². The summed E-state index contributed by atoms with van der Waals surface area (Å²) in [6.45, 7) is 4.45. The van der Waals surface area contributed by atoms with Crippen molar-refractivity contribution >= 4 is 17.5 Å². The number of carbonyl (C=O) groups excluding carboxylic acids is 2. The minimum atomic E-state index is -0.631. The number of hydrogen-bond acceptors (Lipinski definition) is 5. The largest absolute Gasteiger partial charge is 0.490 e. The van der Waals surface area contributed by atoms with Crippen LogP contribution in [0.5, 0.6) is 5.75 Å². The minimum absolute atomic E-state index is 0.0676. The summed E-state index contributed by atoms with van der Waals surface area (Å²) in [7, 11) is 1.31. The van der Waals surface area contributed by atoms with Gasteiger partial charge in [0.25, 0.3) is 5.91 Å². The molecule has 2 amide bonds. The maximum atomic E-state index is 12.0. The molecule has 0 saturated heterocycles. The summed E-state index contributed by atoms with van der Waals surface area (Å²) < 4.78 is 4.87. The third-order valence-electron chi connectivity index (χ3n) is 3.09. The number of carbonyl (C=O) groups is 2. The third kappa shape index (κ3) is 5.93. The van der Waals surface area contributed by atoms with Gasteiger partial charge in [-0.25, -0.2) is 0 Å².